The van der Waals surface area contributed by atoms with E-state index in [1.54, 1.807) is 0 Å². The number of rotatable bonds is 3. The van der Waals surface area contributed by atoms with Gasteiger partial charge in [-0.05, 0) is 95.3 Å². The van der Waals surface area contributed by atoms with Gasteiger partial charge in [0.15, 0.2) is 0 Å². The molecule has 10 rings (SSSR count). The van der Waals surface area contributed by atoms with Gasteiger partial charge in [0.05, 0.1) is 0 Å². The van der Waals surface area contributed by atoms with E-state index in [0.717, 1.165) is 27.3 Å². The second kappa shape index (κ2) is 10.2. The number of hydrogen-bond donors (Lipinski definition) is 0. The van der Waals surface area contributed by atoms with Gasteiger partial charge in [0.1, 0.15) is 11.2 Å². The van der Waals surface area contributed by atoms with Crippen LogP contribution in [-0.4, -0.2) is 0 Å². The molecule has 1 nitrogen and oxygen atoms in total. The van der Waals surface area contributed by atoms with Gasteiger partial charge in [-0.15, -0.1) is 0 Å². The number of fused-ring (bicyclic) bond motifs is 8. The van der Waals surface area contributed by atoms with Gasteiger partial charge >= 0.3 is 0 Å². The highest BCUT2D eigenvalue weighted by Gasteiger charge is 2.19. The summed E-state index contributed by atoms with van der Waals surface area (Å²) in [7, 11) is 0. The Balaban J connectivity index is 1.27. The quantitative estimate of drug-likeness (QED) is 0.185. The number of hydrogen-bond acceptors (Lipinski definition) is 1. The van der Waals surface area contributed by atoms with E-state index in [4.69, 9.17) is 4.42 Å². The second-order valence-corrected chi connectivity index (χ2v) is 12.4. The Morgan fingerprint density at radius 2 is 0.830 bits per heavy atom. The van der Waals surface area contributed by atoms with Crippen LogP contribution < -0.4 is 0 Å². The average molecular weight is 597 g/mol. The normalized spacial score (nSPS) is 11.8. The molecule has 0 aliphatic carbocycles. The monoisotopic (exact) mass is 596 g/mol. The lowest BCUT2D eigenvalue weighted by molar-refractivity contribution is 0.673. The van der Waals surface area contributed by atoms with Crippen molar-refractivity contribution in [2.45, 2.75) is 0 Å². The summed E-state index contributed by atoms with van der Waals surface area (Å²) in [5.41, 5.74) is 9.22. The summed E-state index contributed by atoms with van der Waals surface area (Å²) in [4.78, 5) is 0. The lowest BCUT2D eigenvalue weighted by Gasteiger charge is -2.18. The van der Waals surface area contributed by atoms with Crippen LogP contribution >= 0.6 is 0 Å². The maximum Gasteiger partial charge on any atom is 0.143 e. The zero-order valence-electron chi connectivity index (χ0n) is 25.6. The molecule has 218 valence electrons. The molecule has 47 heavy (non-hydrogen) atoms. The third kappa shape index (κ3) is 3.97. The van der Waals surface area contributed by atoms with E-state index in [1.807, 2.05) is 0 Å². The van der Waals surface area contributed by atoms with E-state index in [1.165, 1.54) is 71.1 Å². The van der Waals surface area contributed by atoms with Gasteiger partial charge in [-0.2, -0.15) is 0 Å². The Kier molecular flexibility index (Phi) is 5.64. The van der Waals surface area contributed by atoms with Crippen LogP contribution in [0.5, 0.6) is 0 Å². The lowest BCUT2D eigenvalue weighted by Crippen LogP contribution is -1.91. The van der Waals surface area contributed by atoms with Crippen molar-refractivity contribution < 1.29 is 4.42 Å². The topological polar surface area (TPSA) is 13.1 Å². The minimum atomic E-state index is 0.903. The first-order valence-electron chi connectivity index (χ1n) is 16.2. The standard InChI is InChI=1S/C46H28O/c1-2-13-30(14-3-1)40-28-42-41-27-33(24-25-43(41)47-46(42)39-21-11-6-16-34(39)40)45-37-19-9-7-17-35(37)44(36-18-8-10-20-38(36)45)32-23-22-29-12-4-5-15-31(29)26-32/h1-28H. The molecule has 0 saturated carbocycles. The van der Waals surface area contributed by atoms with Gasteiger partial charge in [-0.1, -0.05) is 146 Å². The summed E-state index contributed by atoms with van der Waals surface area (Å²) in [5, 5.41) is 12.1. The van der Waals surface area contributed by atoms with Crippen molar-refractivity contribution in [2.75, 3.05) is 0 Å². The molecular formula is C46H28O. The van der Waals surface area contributed by atoms with Gasteiger partial charge in [0, 0.05) is 16.2 Å². The third-order valence-corrected chi connectivity index (χ3v) is 9.82. The Bertz CT molecular complexity index is 2780. The fraction of sp³-hybridized carbons (Fsp3) is 0. The molecule has 0 N–H and O–H groups in total. The van der Waals surface area contributed by atoms with Gasteiger partial charge in [0.2, 0.25) is 0 Å². The minimum absolute atomic E-state index is 0.903. The molecule has 0 aliphatic rings. The highest BCUT2D eigenvalue weighted by molar-refractivity contribution is 6.24. The molecule has 1 aromatic heterocycles. The zero-order valence-corrected chi connectivity index (χ0v) is 25.6. The lowest BCUT2D eigenvalue weighted by atomic mass is 9.85. The molecule has 0 unspecified atom stereocenters. The zero-order chi connectivity index (χ0) is 30.9. The largest absolute Gasteiger partial charge is 0.455 e. The predicted molar refractivity (Wildman–Crippen MR) is 200 cm³/mol. The molecule has 1 heterocycles. The molecule has 9 aromatic carbocycles. The van der Waals surface area contributed by atoms with Gasteiger partial charge in [-0.25, -0.2) is 0 Å². The van der Waals surface area contributed by atoms with E-state index in [-0.39, 0.29) is 0 Å². The molecule has 1 heteroatoms. The highest BCUT2D eigenvalue weighted by atomic mass is 16.3. The molecule has 10 aromatic rings. The summed E-state index contributed by atoms with van der Waals surface area (Å²) in [6.07, 6.45) is 0. The van der Waals surface area contributed by atoms with Crippen LogP contribution in [0, 0.1) is 0 Å². The van der Waals surface area contributed by atoms with Crippen molar-refractivity contribution in [3.8, 4) is 33.4 Å². The van der Waals surface area contributed by atoms with Crippen LogP contribution in [0.15, 0.2) is 174 Å². The highest BCUT2D eigenvalue weighted by Crippen LogP contribution is 2.46. The molecule has 0 atom stereocenters. The van der Waals surface area contributed by atoms with Crippen molar-refractivity contribution >= 4 is 65.0 Å². The minimum Gasteiger partial charge on any atom is -0.455 e. The number of furan rings is 1. The Morgan fingerprint density at radius 1 is 0.298 bits per heavy atom. The average Bonchev–Trinajstić information content (AvgIpc) is 3.51. The first-order valence-corrected chi connectivity index (χ1v) is 16.2. The van der Waals surface area contributed by atoms with Crippen molar-refractivity contribution in [1.82, 2.24) is 0 Å². The summed E-state index contributed by atoms with van der Waals surface area (Å²) in [6, 6.07) is 61.5. The first kappa shape index (κ1) is 26.1. The van der Waals surface area contributed by atoms with Crippen LogP contribution in [0.2, 0.25) is 0 Å². The molecule has 0 fully saturated rings. The summed E-state index contributed by atoms with van der Waals surface area (Å²) in [5.74, 6) is 0. The van der Waals surface area contributed by atoms with E-state index < -0.39 is 0 Å². The summed E-state index contributed by atoms with van der Waals surface area (Å²) >= 11 is 0. The van der Waals surface area contributed by atoms with Crippen molar-refractivity contribution in [2.24, 2.45) is 0 Å². The Morgan fingerprint density at radius 3 is 1.51 bits per heavy atom. The second-order valence-electron chi connectivity index (χ2n) is 12.4. The summed E-state index contributed by atoms with van der Waals surface area (Å²) in [6.45, 7) is 0. The van der Waals surface area contributed by atoms with Crippen molar-refractivity contribution in [3.05, 3.63) is 170 Å². The van der Waals surface area contributed by atoms with Gasteiger partial charge in [0.25, 0.3) is 0 Å². The van der Waals surface area contributed by atoms with Gasteiger partial charge in [-0.3, -0.25) is 0 Å². The first-order chi connectivity index (χ1) is 23.3. The van der Waals surface area contributed by atoms with Crippen LogP contribution in [0.3, 0.4) is 0 Å². The van der Waals surface area contributed by atoms with Crippen LogP contribution in [0.4, 0.5) is 0 Å². The molecule has 0 radical (unpaired) electrons. The Hall–Kier alpha value is -6.18. The van der Waals surface area contributed by atoms with E-state index in [2.05, 4.69) is 170 Å². The third-order valence-electron chi connectivity index (χ3n) is 9.82. The molecular weight excluding hydrogens is 569 g/mol. The fourth-order valence-corrected chi connectivity index (χ4v) is 7.71. The van der Waals surface area contributed by atoms with Crippen molar-refractivity contribution in [3.63, 3.8) is 0 Å². The molecule has 0 saturated heterocycles. The van der Waals surface area contributed by atoms with E-state index in [0.29, 0.717) is 0 Å². The fourth-order valence-electron chi connectivity index (χ4n) is 7.71. The number of benzene rings is 9. The van der Waals surface area contributed by atoms with E-state index in [9.17, 15) is 0 Å². The molecule has 0 spiro atoms. The maximum atomic E-state index is 6.63. The summed E-state index contributed by atoms with van der Waals surface area (Å²) < 4.78 is 6.63. The van der Waals surface area contributed by atoms with Crippen LogP contribution in [0.1, 0.15) is 0 Å². The predicted octanol–water partition coefficient (Wildman–Crippen LogP) is 13.2. The van der Waals surface area contributed by atoms with Crippen LogP contribution in [-0.2, 0) is 0 Å². The van der Waals surface area contributed by atoms with Gasteiger partial charge < -0.3 is 4.42 Å². The molecule has 0 aliphatic heterocycles. The van der Waals surface area contributed by atoms with E-state index >= 15 is 0 Å². The maximum absolute atomic E-state index is 6.63. The van der Waals surface area contributed by atoms with Crippen molar-refractivity contribution in [1.29, 1.82) is 0 Å². The van der Waals surface area contributed by atoms with Crippen LogP contribution in [0.25, 0.3) is 98.4 Å². The molecule has 0 bridgehead atoms. The molecule has 0 amide bonds. The Labute approximate surface area is 271 Å². The smallest absolute Gasteiger partial charge is 0.143 e. The SMILES string of the molecule is c1ccc(-c2cc3c4cc(-c5c6ccccc6c(-c6ccc7ccccc7c6)c6ccccc56)ccc4oc3c3ccccc23)cc1.